The Bertz CT molecular complexity index is 325. The van der Waals surface area contributed by atoms with Crippen LogP contribution in [0.15, 0.2) is 0 Å². The molecule has 14 heavy (non-hydrogen) atoms. The van der Waals surface area contributed by atoms with Crippen LogP contribution in [0.3, 0.4) is 0 Å². The predicted octanol–water partition coefficient (Wildman–Crippen LogP) is 2.78. The molecule has 3 nitrogen and oxygen atoms in total. The number of carbonyl (C=O) groups excluding carboxylic acids is 1. The van der Waals surface area contributed by atoms with Crippen LogP contribution in [0.4, 0.5) is 4.79 Å². The molecular formula is C10H18BrNO2. The zero-order valence-corrected chi connectivity index (χ0v) is 10.2. The summed E-state index contributed by atoms with van der Waals surface area (Å²) in [5.74, 6) is 0. The van der Waals surface area contributed by atoms with Crippen LogP contribution in [0.2, 0.25) is 0 Å². The van der Waals surface area contributed by atoms with Gasteiger partial charge in [-0.1, -0.05) is 15.9 Å². The highest BCUT2D eigenvalue weighted by Gasteiger charge is 2.25. The van der Waals surface area contributed by atoms with E-state index in [0.717, 1.165) is 0 Å². The fraction of sp³-hybridized carbons (Fsp3) is 0.900. The number of hydrogen-bond donors (Lipinski definition) is 0. The zero-order chi connectivity index (χ0) is 14.4. The van der Waals surface area contributed by atoms with E-state index < -0.39 is 24.7 Å². The molecule has 4 heteroatoms. The number of carbonyl (C=O) groups is 1. The Kier molecular flexibility index (Phi) is 2.29. The fourth-order valence-corrected chi connectivity index (χ4v) is 1.23. The molecule has 1 saturated heterocycles. The Morgan fingerprint density at radius 3 is 2.43 bits per heavy atom. The van der Waals surface area contributed by atoms with Crippen molar-refractivity contribution in [3.63, 3.8) is 0 Å². The van der Waals surface area contributed by atoms with Crippen molar-refractivity contribution in [1.82, 2.24) is 4.90 Å². The van der Waals surface area contributed by atoms with Crippen LogP contribution in [-0.4, -0.2) is 34.4 Å². The molecule has 1 heterocycles. The highest BCUT2D eigenvalue weighted by Crippen LogP contribution is 2.19. The minimum absolute atomic E-state index is 0.0335. The molecule has 0 aromatic rings. The molecule has 0 aromatic carbocycles. The SMILES string of the molecule is [2H]C1([2H])CC(Br)CC([2H])([2H])N1C(=O)OC(C)(C)C. The summed E-state index contributed by atoms with van der Waals surface area (Å²) in [6.45, 7) is 0.838. The minimum atomic E-state index is -2.07. The molecule has 1 aliphatic rings. The van der Waals surface area contributed by atoms with Gasteiger partial charge < -0.3 is 9.64 Å². The van der Waals surface area contributed by atoms with Gasteiger partial charge >= 0.3 is 6.09 Å². The summed E-state index contributed by atoms with van der Waals surface area (Å²) in [6, 6.07) is 0. The summed E-state index contributed by atoms with van der Waals surface area (Å²) < 4.78 is 36.4. The number of likely N-dealkylation sites (tertiary alicyclic amines) is 1. The Hall–Kier alpha value is -0.250. The quantitative estimate of drug-likeness (QED) is 0.632. The van der Waals surface area contributed by atoms with E-state index >= 15 is 0 Å². The van der Waals surface area contributed by atoms with Crippen LogP contribution >= 0.6 is 15.9 Å². The molecule has 1 amide bonds. The van der Waals surface area contributed by atoms with Crippen LogP contribution in [0.5, 0.6) is 0 Å². The summed E-state index contributed by atoms with van der Waals surface area (Å²) in [6.07, 6.45) is -0.894. The maximum atomic E-state index is 12.0. The van der Waals surface area contributed by atoms with Crippen molar-refractivity contribution < 1.29 is 15.0 Å². The predicted molar refractivity (Wildman–Crippen MR) is 59.8 cm³/mol. The molecule has 0 saturated carbocycles. The van der Waals surface area contributed by atoms with Gasteiger partial charge in [0.25, 0.3) is 0 Å². The third-order valence-corrected chi connectivity index (χ3v) is 2.17. The van der Waals surface area contributed by atoms with Gasteiger partial charge in [-0.15, -0.1) is 0 Å². The lowest BCUT2D eigenvalue weighted by molar-refractivity contribution is 0.0220. The van der Waals surface area contributed by atoms with Crippen LogP contribution in [0.1, 0.15) is 39.1 Å². The molecule has 1 aliphatic heterocycles. The first-order valence-electron chi connectivity index (χ1n) is 6.53. The first-order chi connectivity index (χ1) is 7.85. The number of amides is 1. The molecule has 0 aliphatic carbocycles. The third kappa shape index (κ3) is 3.86. The number of hydrogen-bond acceptors (Lipinski definition) is 2. The normalized spacial score (nSPS) is 31.0. The van der Waals surface area contributed by atoms with Gasteiger partial charge in [0.05, 0.1) is 0 Å². The number of piperidine rings is 1. The maximum Gasteiger partial charge on any atom is 0.410 e. The largest absolute Gasteiger partial charge is 0.444 e. The van der Waals surface area contributed by atoms with Crippen molar-refractivity contribution in [2.24, 2.45) is 0 Å². The van der Waals surface area contributed by atoms with Crippen LogP contribution in [0, 0.1) is 0 Å². The van der Waals surface area contributed by atoms with Crippen LogP contribution in [-0.2, 0) is 4.74 Å². The molecule has 0 radical (unpaired) electrons. The lowest BCUT2D eigenvalue weighted by Crippen LogP contribution is -2.41. The second-order valence-corrected chi connectivity index (χ2v) is 5.43. The Morgan fingerprint density at radius 1 is 1.50 bits per heavy atom. The number of rotatable bonds is 0. The van der Waals surface area contributed by atoms with E-state index in [1.165, 1.54) is 0 Å². The van der Waals surface area contributed by atoms with Gasteiger partial charge in [-0.3, -0.25) is 0 Å². The van der Waals surface area contributed by atoms with E-state index in [-0.39, 0.29) is 17.7 Å². The summed E-state index contributed by atoms with van der Waals surface area (Å²) in [4.78, 5) is 12.2. The highest BCUT2D eigenvalue weighted by atomic mass is 79.9. The van der Waals surface area contributed by atoms with Gasteiger partial charge in [-0.25, -0.2) is 4.79 Å². The Morgan fingerprint density at radius 2 is 2.00 bits per heavy atom. The molecule has 0 bridgehead atoms. The second-order valence-electron chi connectivity index (χ2n) is 4.14. The summed E-state index contributed by atoms with van der Waals surface area (Å²) in [7, 11) is 0. The highest BCUT2D eigenvalue weighted by molar-refractivity contribution is 9.09. The van der Waals surface area contributed by atoms with Gasteiger partial charge in [0.15, 0.2) is 0 Å². The molecular weight excluding hydrogens is 246 g/mol. The van der Waals surface area contributed by atoms with E-state index in [0.29, 0.717) is 4.90 Å². The van der Waals surface area contributed by atoms with Gasteiger partial charge in [-0.05, 0) is 33.6 Å². The summed E-state index contributed by atoms with van der Waals surface area (Å²) in [5, 5.41) is 0. The maximum absolute atomic E-state index is 12.0. The van der Waals surface area contributed by atoms with Crippen molar-refractivity contribution in [3.8, 4) is 0 Å². The lowest BCUT2D eigenvalue weighted by atomic mass is 10.1. The molecule has 1 rings (SSSR count). The molecule has 0 unspecified atom stereocenters. The first-order valence-corrected chi connectivity index (χ1v) is 5.44. The van der Waals surface area contributed by atoms with Crippen molar-refractivity contribution in [3.05, 3.63) is 0 Å². The zero-order valence-electron chi connectivity index (χ0n) is 12.6. The average Bonchev–Trinajstić information content (AvgIpc) is 1.90. The van der Waals surface area contributed by atoms with E-state index in [2.05, 4.69) is 15.9 Å². The van der Waals surface area contributed by atoms with E-state index in [4.69, 9.17) is 10.2 Å². The summed E-state index contributed by atoms with van der Waals surface area (Å²) >= 11 is 3.22. The first kappa shape index (κ1) is 7.09. The van der Waals surface area contributed by atoms with Gasteiger partial charge in [0.2, 0.25) is 0 Å². The lowest BCUT2D eigenvalue weighted by Gasteiger charge is -2.31. The van der Waals surface area contributed by atoms with Crippen molar-refractivity contribution in [1.29, 1.82) is 0 Å². The van der Waals surface area contributed by atoms with Crippen LogP contribution in [0.25, 0.3) is 0 Å². The Labute approximate surface area is 99.5 Å². The van der Waals surface area contributed by atoms with Crippen LogP contribution < -0.4 is 0 Å². The topological polar surface area (TPSA) is 29.5 Å². The Balaban J connectivity index is 2.99. The van der Waals surface area contributed by atoms with Gasteiger partial charge in [0, 0.05) is 23.3 Å². The smallest absolute Gasteiger partial charge is 0.410 e. The molecule has 0 atom stereocenters. The monoisotopic (exact) mass is 267 g/mol. The standard InChI is InChI=1S/C10H18BrNO2/c1-10(2,3)14-9(13)12-6-4-8(11)5-7-12/h8H,4-7H2,1-3H3/i6D2,7D2. The average molecular weight is 268 g/mol. The van der Waals surface area contributed by atoms with E-state index in [1.807, 2.05) is 0 Å². The van der Waals surface area contributed by atoms with Gasteiger partial charge in [0.1, 0.15) is 5.60 Å². The second kappa shape index (κ2) is 4.51. The molecule has 1 fully saturated rings. The number of halogens is 1. The summed E-state index contributed by atoms with van der Waals surface area (Å²) in [5.41, 5.74) is -0.783. The number of nitrogens with zero attached hydrogens (tertiary/aromatic N) is 1. The van der Waals surface area contributed by atoms with Gasteiger partial charge in [-0.2, -0.15) is 0 Å². The van der Waals surface area contributed by atoms with E-state index in [1.54, 1.807) is 20.8 Å². The fourth-order valence-electron chi connectivity index (χ4n) is 0.945. The third-order valence-electron chi connectivity index (χ3n) is 1.52. The minimum Gasteiger partial charge on any atom is -0.444 e. The van der Waals surface area contributed by atoms with Crippen molar-refractivity contribution in [2.45, 2.75) is 44.0 Å². The molecule has 82 valence electrons. The van der Waals surface area contributed by atoms with Crippen molar-refractivity contribution >= 4 is 22.0 Å². The van der Waals surface area contributed by atoms with E-state index in [9.17, 15) is 4.79 Å². The molecule has 0 N–H and O–H groups in total. The number of alkyl halides is 1. The molecule has 0 aromatic heterocycles. The molecule has 0 spiro atoms. The number of ether oxygens (including phenoxy) is 1. The van der Waals surface area contributed by atoms with Crippen molar-refractivity contribution in [2.75, 3.05) is 13.0 Å².